The van der Waals surface area contributed by atoms with Gasteiger partial charge in [0.1, 0.15) is 0 Å². The fraction of sp³-hybridized carbons (Fsp3) is 0.333. The Bertz CT molecular complexity index is 348. The molecule has 2 amide bonds. The summed E-state index contributed by atoms with van der Waals surface area (Å²) in [5.74, 6) is -1.11. The van der Waals surface area contributed by atoms with Gasteiger partial charge >= 0.3 is 0 Å². The Morgan fingerprint density at radius 2 is 2.15 bits per heavy atom. The minimum absolute atomic E-state index is 0.338. The predicted octanol–water partition coefficient (Wildman–Crippen LogP) is 1.26. The molecule has 0 spiro atoms. The third kappa shape index (κ3) is 0.907. The lowest BCUT2D eigenvalue weighted by Crippen LogP contribution is -2.29. The van der Waals surface area contributed by atoms with Gasteiger partial charge in [-0.3, -0.25) is 9.59 Å². The average molecular weight is 198 g/mol. The van der Waals surface area contributed by atoms with E-state index in [4.69, 9.17) is 11.8 Å². The van der Waals surface area contributed by atoms with Gasteiger partial charge < -0.3 is 0 Å². The number of imide groups is 1. The van der Waals surface area contributed by atoms with Crippen LogP contribution in [0.4, 0.5) is 0 Å². The highest BCUT2D eigenvalue weighted by Crippen LogP contribution is 2.42. The minimum atomic E-state index is -0.770. The van der Waals surface area contributed by atoms with Crippen LogP contribution in [0.2, 0.25) is 0 Å². The Morgan fingerprint density at radius 1 is 1.46 bits per heavy atom. The van der Waals surface area contributed by atoms with Crippen molar-refractivity contribution in [2.75, 3.05) is 0 Å². The summed E-state index contributed by atoms with van der Waals surface area (Å²) in [6, 6.07) is 0. The molecule has 3 nitrogen and oxygen atoms in total. The van der Waals surface area contributed by atoms with Crippen LogP contribution in [-0.2, 0) is 9.59 Å². The molecular weight excluding hydrogens is 190 g/mol. The highest BCUT2D eigenvalue weighted by Gasteiger charge is 2.54. The molecule has 2 atom stereocenters. The first kappa shape index (κ1) is 8.51. The molecule has 13 heavy (non-hydrogen) atoms. The zero-order valence-corrected chi connectivity index (χ0v) is 7.78. The molecule has 0 N–H and O–H groups in total. The van der Waals surface area contributed by atoms with Gasteiger partial charge in [-0.25, -0.2) is 0 Å². The number of carbonyl (C=O) groups excluding carboxylic acids is 2. The van der Waals surface area contributed by atoms with Crippen LogP contribution >= 0.6 is 11.8 Å². The number of allylic oxidation sites excluding steroid dienone is 2. The summed E-state index contributed by atoms with van der Waals surface area (Å²) in [5, 5.41) is 0. The van der Waals surface area contributed by atoms with Crippen molar-refractivity contribution >= 4 is 23.6 Å². The molecule has 68 valence electrons. The van der Waals surface area contributed by atoms with Crippen molar-refractivity contribution < 1.29 is 9.59 Å². The van der Waals surface area contributed by atoms with Crippen molar-refractivity contribution in [3.63, 3.8) is 0 Å². The molecular formula is C9H8ClNO2. The first-order valence-corrected chi connectivity index (χ1v) is 4.31. The molecule has 1 aliphatic carbocycles. The molecule has 0 aromatic carbocycles. The summed E-state index contributed by atoms with van der Waals surface area (Å²) in [6.07, 6.45) is 6.95. The minimum Gasteiger partial charge on any atom is -0.272 e. The van der Waals surface area contributed by atoms with Crippen LogP contribution in [0.5, 0.6) is 0 Å². The van der Waals surface area contributed by atoms with E-state index in [2.05, 4.69) is 0 Å². The van der Waals surface area contributed by atoms with Gasteiger partial charge in [-0.1, -0.05) is 24.3 Å². The molecule has 0 aromatic heterocycles. The summed E-state index contributed by atoms with van der Waals surface area (Å²) in [5.41, 5.74) is -0.770. The summed E-state index contributed by atoms with van der Waals surface area (Å²) >= 11 is 5.54. The van der Waals surface area contributed by atoms with Crippen molar-refractivity contribution in [1.82, 2.24) is 4.42 Å². The zero-order chi connectivity index (χ0) is 9.64. The molecule has 1 aliphatic heterocycles. The van der Waals surface area contributed by atoms with Gasteiger partial charge in [0.25, 0.3) is 11.8 Å². The zero-order valence-electron chi connectivity index (χ0n) is 7.03. The fourth-order valence-corrected chi connectivity index (χ4v) is 2.00. The Balaban J connectivity index is 2.52. The standard InChI is InChI=1S/C9H8ClNO2/c1-9-5-3-2-4-6(9)7(12)11(10)8(9)13/h2-6H,1H3. The van der Waals surface area contributed by atoms with E-state index >= 15 is 0 Å². The molecule has 0 aromatic rings. The van der Waals surface area contributed by atoms with Gasteiger partial charge in [-0.15, -0.1) is 0 Å². The topological polar surface area (TPSA) is 37.4 Å². The van der Waals surface area contributed by atoms with Crippen LogP contribution in [-0.4, -0.2) is 16.2 Å². The first-order valence-electron chi connectivity index (χ1n) is 3.97. The van der Waals surface area contributed by atoms with Crippen LogP contribution < -0.4 is 0 Å². The highest BCUT2D eigenvalue weighted by atomic mass is 35.5. The van der Waals surface area contributed by atoms with E-state index in [1.54, 1.807) is 31.2 Å². The number of hydrogen-bond acceptors (Lipinski definition) is 2. The van der Waals surface area contributed by atoms with Crippen LogP contribution in [0.1, 0.15) is 6.92 Å². The summed E-state index contributed by atoms with van der Waals surface area (Å²) in [7, 11) is 0. The Morgan fingerprint density at radius 3 is 2.77 bits per heavy atom. The molecule has 2 aliphatic rings. The number of nitrogens with zero attached hydrogens (tertiary/aromatic N) is 1. The monoisotopic (exact) mass is 197 g/mol. The molecule has 0 saturated carbocycles. The van der Waals surface area contributed by atoms with Crippen molar-refractivity contribution in [1.29, 1.82) is 0 Å². The van der Waals surface area contributed by atoms with Crippen molar-refractivity contribution in [2.45, 2.75) is 6.92 Å². The third-order valence-corrected chi connectivity index (χ3v) is 2.92. The van der Waals surface area contributed by atoms with E-state index in [1.807, 2.05) is 0 Å². The molecule has 2 rings (SSSR count). The fourth-order valence-electron chi connectivity index (χ4n) is 1.71. The quantitative estimate of drug-likeness (QED) is 0.433. The lowest BCUT2D eigenvalue weighted by Gasteiger charge is -2.22. The second-order valence-corrected chi connectivity index (χ2v) is 3.77. The van der Waals surface area contributed by atoms with E-state index < -0.39 is 11.3 Å². The number of hydrogen-bond donors (Lipinski definition) is 0. The molecule has 1 fully saturated rings. The van der Waals surface area contributed by atoms with E-state index in [0.29, 0.717) is 4.42 Å². The van der Waals surface area contributed by atoms with Gasteiger partial charge in [0.05, 0.1) is 11.3 Å². The van der Waals surface area contributed by atoms with Crippen molar-refractivity contribution in [2.24, 2.45) is 11.3 Å². The van der Waals surface area contributed by atoms with Crippen molar-refractivity contribution in [3.05, 3.63) is 24.3 Å². The molecule has 4 heteroatoms. The second kappa shape index (κ2) is 2.45. The van der Waals surface area contributed by atoms with Gasteiger partial charge in [0.2, 0.25) is 0 Å². The van der Waals surface area contributed by atoms with E-state index in [9.17, 15) is 9.59 Å². The van der Waals surface area contributed by atoms with E-state index in [-0.39, 0.29) is 11.8 Å². The van der Waals surface area contributed by atoms with Crippen molar-refractivity contribution in [3.8, 4) is 0 Å². The van der Waals surface area contributed by atoms with Crippen LogP contribution in [0.25, 0.3) is 0 Å². The number of amides is 2. The van der Waals surface area contributed by atoms with Crippen LogP contribution in [0.15, 0.2) is 24.3 Å². The number of carbonyl (C=O) groups is 2. The summed E-state index contributed by atoms with van der Waals surface area (Å²) in [6.45, 7) is 1.72. The van der Waals surface area contributed by atoms with Gasteiger partial charge in [0, 0.05) is 11.8 Å². The predicted molar refractivity (Wildman–Crippen MR) is 47.6 cm³/mol. The van der Waals surface area contributed by atoms with Gasteiger partial charge in [0.15, 0.2) is 0 Å². The number of fused-ring (bicyclic) bond motifs is 1. The highest BCUT2D eigenvalue weighted by molar-refractivity contribution is 6.34. The Labute approximate surface area is 80.8 Å². The Kier molecular flexibility index (Phi) is 1.60. The first-order chi connectivity index (χ1) is 6.07. The largest absolute Gasteiger partial charge is 0.272 e. The van der Waals surface area contributed by atoms with Gasteiger partial charge in [-0.2, -0.15) is 4.42 Å². The molecule has 1 heterocycles. The molecule has 0 radical (unpaired) electrons. The van der Waals surface area contributed by atoms with E-state index in [0.717, 1.165) is 0 Å². The number of halogens is 1. The van der Waals surface area contributed by atoms with Gasteiger partial charge in [-0.05, 0) is 6.92 Å². The second-order valence-electron chi connectivity index (χ2n) is 3.43. The molecule has 1 saturated heterocycles. The lowest BCUT2D eigenvalue weighted by molar-refractivity contribution is -0.134. The maximum Gasteiger partial charge on any atom is 0.254 e. The molecule has 2 unspecified atom stereocenters. The normalized spacial score (nSPS) is 37.1. The third-order valence-electron chi connectivity index (χ3n) is 2.60. The van der Waals surface area contributed by atoms with E-state index in [1.165, 1.54) is 0 Å². The SMILES string of the molecule is CC12C=CC=CC1C(=O)N(Cl)C2=O. The van der Waals surface area contributed by atoms with Crippen LogP contribution in [0.3, 0.4) is 0 Å². The maximum absolute atomic E-state index is 11.6. The maximum atomic E-state index is 11.6. The summed E-state index contributed by atoms with van der Waals surface area (Å²) in [4.78, 5) is 23.0. The lowest BCUT2D eigenvalue weighted by atomic mass is 9.76. The molecule has 0 bridgehead atoms. The van der Waals surface area contributed by atoms with Crippen LogP contribution in [0, 0.1) is 11.3 Å². The average Bonchev–Trinajstić information content (AvgIpc) is 2.29. The summed E-state index contributed by atoms with van der Waals surface area (Å²) < 4.78 is 0.685. The number of rotatable bonds is 0. The smallest absolute Gasteiger partial charge is 0.254 e. The Hall–Kier alpha value is -1.09.